The van der Waals surface area contributed by atoms with Crippen LogP contribution in [0.5, 0.6) is 5.75 Å². The summed E-state index contributed by atoms with van der Waals surface area (Å²) in [6, 6.07) is 7.59. The number of halogens is 1. The van der Waals surface area contributed by atoms with Gasteiger partial charge in [-0.2, -0.15) is 0 Å². The first-order valence-electron chi connectivity index (χ1n) is 8.79. The molecule has 0 amide bonds. The minimum Gasteiger partial charge on any atom is -0.497 e. The van der Waals surface area contributed by atoms with E-state index in [1.54, 1.807) is 13.2 Å². The van der Waals surface area contributed by atoms with Crippen LogP contribution in [0.1, 0.15) is 24.5 Å². The van der Waals surface area contributed by atoms with Gasteiger partial charge in [0.15, 0.2) is 0 Å². The standard InChI is InChI=1S/C20H23ClN2O2/c1-3-12-11-23-7-6-13(12)8-18(23)20(24)16-10-19(21)22-17-5-4-14(25-2)9-15(16)17/h3-5,9-10,12-13,18,20,24H,1,6-8,11H2,2H3/t12-,13-,18+,20-/m0/s1. The van der Waals surface area contributed by atoms with Crippen LogP contribution >= 0.6 is 11.6 Å². The van der Waals surface area contributed by atoms with Gasteiger partial charge in [-0.3, -0.25) is 4.90 Å². The predicted octanol–water partition coefficient (Wildman–Crippen LogP) is 3.83. The monoisotopic (exact) mass is 358 g/mol. The number of rotatable bonds is 4. The summed E-state index contributed by atoms with van der Waals surface area (Å²) in [6.45, 7) is 5.99. The number of piperidine rings is 3. The molecule has 132 valence electrons. The maximum Gasteiger partial charge on any atom is 0.130 e. The van der Waals surface area contributed by atoms with Crippen molar-refractivity contribution in [1.82, 2.24) is 9.88 Å². The summed E-state index contributed by atoms with van der Waals surface area (Å²) < 4.78 is 5.35. The molecule has 3 fully saturated rings. The molecule has 1 unspecified atom stereocenters. The van der Waals surface area contributed by atoms with E-state index in [4.69, 9.17) is 16.3 Å². The Bertz CT molecular complexity index is 810. The Labute approximate surface area is 153 Å². The van der Waals surface area contributed by atoms with Gasteiger partial charge in [0, 0.05) is 18.0 Å². The summed E-state index contributed by atoms with van der Waals surface area (Å²) in [5.41, 5.74) is 1.61. The molecule has 4 nitrogen and oxygen atoms in total. The Morgan fingerprint density at radius 2 is 2.28 bits per heavy atom. The molecule has 3 aliphatic heterocycles. The normalized spacial score (nSPS) is 29.6. The summed E-state index contributed by atoms with van der Waals surface area (Å²) in [4.78, 5) is 6.78. The zero-order valence-electron chi connectivity index (χ0n) is 14.4. The highest BCUT2D eigenvalue weighted by atomic mass is 35.5. The molecule has 2 bridgehead atoms. The lowest BCUT2D eigenvalue weighted by molar-refractivity contribution is -0.0444. The summed E-state index contributed by atoms with van der Waals surface area (Å²) in [6.07, 6.45) is 3.65. The molecule has 2 aromatic rings. The molecule has 5 rings (SSSR count). The van der Waals surface area contributed by atoms with E-state index < -0.39 is 6.10 Å². The number of hydrogen-bond donors (Lipinski definition) is 1. The molecule has 1 N–H and O–H groups in total. The zero-order chi connectivity index (χ0) is 17.6. The van der Waals surface area contributed by atoms with Crippen LogP contribution < -0.4 is 4.74 Å². The van der Waals surface area contributed by atoms with Gasteiger partial charge >= 0.3 is 0 Å². The van der Waals surface area contributed by atoms with Gasteiger partial charge in [0.2, 0.25) is 0 Å². The maximum atomic E-state index is 11.2. The minimum atomic E-state index is -0.594. The Morgan fingerprint density at radius 3 is 2.96 bits per heavy atom. The number of benzene rings is 1. The highest BCUT2D eigenvalue weighted by molar-refractivity contribution is 6.30. The van der Waals surface area contributed by atoms with Gasteiger partial charge in [0.1, 0.15) is 10.9 Å². The fourth-order valence-corrected chi connectivity index (χ4v) is 4.69. The number of ether oxygens (including phenoxy) is 1. The lowest BCUT2D eigenvalue weighted by Gasteiger charge is -2.50. The lowest BCUT2D eigenvalue weighted by Crippen LogP contribution is -2.54. The van der Waals surface area contributed by atoms with Crippen molar-refractivity contribution >= 4 is 22.5 Å². The van der Waals surface area contributed by atoms with Crippen molar-refractivity contribution in [3.05, 3.63) is 47.6 Å². The minimum absolute atomic E-state index is 0.114. The van der Waals surface area contributed by atoms with E-state index in [0.717, 1.165) is 41.7 Å². The van der Waals surface area contributed by atoms with Crippen molar-refractivity contribution < 1.29 is 9.84 Å². The highest BCUT2D eigenvalue weighted by Crippen LogP contribution is 2.42. The van der Waals surface area contributed by atoms with Crippen LogP contribution in [0.2, 0.25) is 5.15 Å². The second-order valence-electron chi connectivity index (χ2n) is 7.11. The number of fused-ring (bicyclic) bond motifs is 4. The molecule has 0 radical (unpaired) electrons. The highest BCUT2D eigenvalue weighted by Gasteiger charge is 2.42. The second-order valence-corrected chi connectivity index (χ2v) is 7.50. The van der Waals surface area contributed by atoms with Gasteiger partial charge in [0.25, 0.3) is 0 Å². The molecule has 3 aliphatic rings. The van der Waals surface area contributed by atoms with Crippen LogP contribution in [-0.4, -0.2) is 41.2 Å². The first-order valence-corrected chi connectivity index (χ1v) is 9.17. The van der Waals surface area contributed by atoms with E-state index >= 15 is 0 Å². The molecule has 0 aliphatic carbocycles. The SMILES string of the molecule is C=C[C@H]1CN2CC[C@H]1C[C@@H]2[C@@H](O)c1cc(Cl)nc2ccc(OC)cc12. The van der Waals surface area contributed by atoms with Crippen LogP contribution in [0.3, 0.4) is 0 Å². The molecule has 1 aromatic heterocycles. The molecule has 4 heterocycles. The lowest BCUT2D eigenvalue weighted by atomic mass is 9.73. The van der Waals surface area contributed by atoms with Gasteiger partial charge in [-0.05, 0) is 61.1 Å². The Kier molecular flexibility index (Phi) is 4.44. The topological polar surface area (TPSA) is 45.6 Å². The molecule has 25 heavy (non-hydrogen) atoms. The molecular weight excluding hydrogens is 336 g/mol. The van der Waals surface area contributed by atoms with Crippen molar-refractivity contribution in [3.63, 3.8) is 0 Å². The number of hydrogen-bond acceptors (Lipinski definition) is 4. The van der Waals surface area contributed by atoms with Gasteiger partial charge in [-0.25, -0.2) is 4.98 Å². The third-order valence-corrected chi connectivity index (χ3v) is 6.05. The molecule has 1 aromatic carbocycles. The molecule has 5 heteroatoms. The van der Waals surface area contributed by atoms with Crippen molar-refractivity contribution in [2.75, 3.05) is 20.2 Å². The number of aromatic nitrogens is 1. The van der Waals surface area contributed by atoms with Crippen LogP contribution in [0.4, 0.5) is 0 Å². The Morgan fingerprint density at radius 1 is 1.44 bits per heavy atom. The average Bonchev–Trinajstić information content (AvgIpc) is 2.66. The van der Waals surface area contributed by atoms with Crippen LogP contribution in [-0.2, 0) is 0 Å². The molecular formula is C20H23ClN2O2. The third kappa shape index (κ3) is 2.92. The molecule has 3 saturated heterocycles. The maximum absolute atomic E-state index is 11.2. The summed E-state index contributed by atoms with van der Waals surface area (Å²) in [5, 5.41) is 12.5. The number of aliphatic hydroxyl groups excluding tert-OH is 1. The number of nitrogens with zero attached hydrogens (tertiary/aromatic N) is 2. The van der Waals surface area contributed by atoms with E-state index in [9.17, 15) is 5.11 Å². The summed E-state index contributed by atoms with van der Waals surface area (Å²) in [7, 11) is 1.64. The number of methoxy groups -OCH3 is 1. The zero-order valence-corrected chi connectivity index (χ0v) is 15.1. The van der Waals surface area contributed by atoms with Gasteiger partial charge in [0.05, 0.1) is 18.7 Å². The van der Waals surface area contributed by atoms with Gasteiger partial charge < -0.3 is 9.84 Å². The van der Waals surface area contributed by atoms with E-state index in [1.807, 2.05) is 18.2 Å². The Balaban J connectivity index is 1.73. The van der Waals surface area contributed by atoms with Crippen molar-refractivity contribution in [2.24, 2.45) is 11.8 Å². The van der Waals surface area contributed by atoms with Gasteiger partial charge in [-0.1, -0.05) is 17.7 Å². The predicted molar refractivity (Wildman–Crippen MR) is 100 cm³/mol. The smallest absolute Gasteiger partial charge is 0.130 e. The average molecular weight is 359 g/mol. The molecule has 0 saturated carbocycles. The summed E-state index contributed by atoms with van der Waals surface area (Å²) >= 11 is 6.22. The molecule has 5 atom stereocenters. The summed E-state index contributed by atoms with van der Waals surface area (Å²) in [5.74, 6) is 1.90. The van der Waals surface area contributed by atoms with Crippen molar-refractivity contribution in [2.45, 2.75) is 25.0 Å². The van der Waals surface area contributed by atoms with E-state index in [0.29, 0.717) is 17.0 Å². The quantitative estimate of drug-likeness (QED) is 0.666. The first-order chi connectivity index (χ1) is 12.1. The van der Waals surface area contributed by atoms with Crippen LogP contribution in [0, 0.1) is 11.8 Å². The van der Waals surface area contributed by atoms with Crippen molar-refractivity contribution in [1.29, 1.82) is 0 Å². The first kappa shape index (κ1) is 16.8. The van der Waals surface area contributed by atoms with Crippen molar-refractivity contribution in [3.8, 4) is 5.75 Å². The fourth-order valence-electron chi connectivity index (χ4n) is 4.48. The van der Waals surface area contributed by atoms with Crippen LogP contribution in [0.25, 0.3) is 10.9 Å². The van der Waals surface area contributed by atoms with Crippen LogP contribution in [0.15, 0.2) is 36.9 Å². The number of aliphatic hydroxyl groups is 1. The Hall–Kier alpha value is -1.62. The van der Waals surface area contributed by atoms with Gasteiger partial charge in [-0.15, -0.1) is 6.58 Å². The molecule has 0 spiro atoms. The third-order valence-electron chi connectivity index (χ3n) is 5.85. The van der Waals surface area contributed by atoms with E-state index in [-0.39, 0.29) is 6.04 Å². The second kappa shape index (κ2) is 6.60. The fraction of sp³-hybridized carbons (Fsp3) is 0.450. The van der Waals surface area contributed by atoms with E-state index in [1.165, 1.54) is 6.42 Å². The largest absolute Gasteiger partial charge is 0.497 e. The number of pyridine rings is 1. The van der Waals surface area contributed by atoms with E-state index in [2.05, 4.69) is 22.5 Å².